The van der Waals surface area contributed by atoms with E-state index in [2.05, 4.69) is 5.10 Å². The normalized spacial score (nSPS) is 10.7. The minimum absolute atomic E-state index is 0.00884. The Morgan fingerprint density at radius 1 is 1.47 bits per heavy atom. The second kappa shape index (κ2) is 5.53. The van der Waals surface area contributed by atoms with Crippen LogP contribution in [0, 0.1) is 5.82 Å². The van der Waals surface area contributed by atoms with Crippen LogP contribution in [0.25, 0.3) is 0 Å². The number of hydrogen-bond acceptors (Lipinski definition) is 2. The lowest BCUT2D eigenvalue weighted by Gasteiger charge is -2.03. The first-order valence-corrected chi connectivity index (χ1v) is 6.38. The Bertz CT molecular complexity index is 622. The van der Waals surface area contributed by atoms with Crippen LogP contribution in [0.15, 0.2) is 24.4 Å². The van der Waals surface area contributed by atoms with E-state index in [-0.39, 0.29) is 12.2 Å². The van der Waals surface area contributed by atoms with Gasteiger partial charge in [-0.25, -0.2) is 4.39 Å². The molecule has 19 heavy (non-hydrogen) atoms. The van der Waals surface area contributed by atoms with E-state index >= 15 is 0 Å². The fourth-order valence-electron chi connectivity index (χ4n) is 1.98. The fraction of sp³-hybridized carbons (Fsp3) is 0.286. The number of benzene rings is 1. The van der Waals surface area contributed by atoms with E-state index in [0.717, 1.165) is 5.69 Å². The van der Waals surface area contributed by atoms with Crippen molar-refractivity contribution in [1.29, 1.82) is 0 Å². The number of ketones is 1. The summed E-state index contributed by atoms with van der Waals surface area (Å²) >= 11 is 5.81. The molecule has 0 N–H and O–H groups in total. The number of halogens is 2. The molecule has 0 radical (unpaired) electrons. The second-order valence-electron chi connectivity index (χ2n) is 4.35. The highest BCUT2D eigenvalue weighted by Gasteiger charge is 2.16. The SMILES string of the molecule is CCc1nn(C)cc1C(=O)Cc1cc(Cl)ccc1F. The van der Waals surface area contributed by atoms with E-state index in [4.69, 9.17) is 11.6 Å². The van der Waals surface area contributed by atoms with E-state index in [1.807, 2.05) is 6.92 Å². The molecular weight excluding hydrogens is 267 g/mol. The highest BCUT2D eigenvalue weighted by Crippen LogP contribution is 2.18. The van der Waals surface area contributed by atoms with Gasteiger partial charge < -0.3 is 0 Å². The average molecular weight is 281 g/mol. The Balaban J connectivity index is 2.27. The van der Waals surface area contributed by atoms with Crippen LogP contribution >= 0.6 is 11.6 Å². The monoisotopic (exact) mass is 280 g/mol. The van der Waals surface area contributed by atoms with Gasteiger partial charge in [-0.3, -0.25) is 9.48 Å². The lowest BCUT2D eigenvalue weighted by atomic mass is 10.0. The lowest BCUT2D eigenvalue weighted by Crippen LogP contribution is -2.06. The van der Waals surface area contributed by atoms with Crippen LogP contribution in [-0.2, 0) is 19.9 Å². The number of aryl methyl sites for hydroxylation is 2. The summed E-state index contributed by atoms with van der Waals surface area (Å²) in [5.41, 5.74) is 1.59. The number of carbonyl (C=O) groups excluding carboxylic acids is 1. The molecule has 5 heteroatoms. The molecule has 2 rings (SSSR count). The maximum atomic E-state index is 13.6. The first-order chi connectivity index (χ1) is 9.01. The highest BCUT2D eigenvalue weighted by molar-refractivity contribution is 6.30. The number of carbonyl (C=O) groups is 1. The first-order valence-electron chi connectivity index (χ1n) is 6.01. The van der Waals surface area contributed by atoms with Gasteiger partial charge in [0.25, 0.3) is 0 Å². The lowest BCUT2D eigenvalue weighted by molar-refractivity contribution is 0.0991. The molecule has 0 bridgehead atoms. The Labute approximate surface area is 116 Å². The average Bonchev–Trinajstić information content (AvgIpc) is 2.75. The van der Waals surface area contributed by atoms with E-state index in [9.17, 15) is 9.18 Å². The molecule has 3 nitrogen and oxygen atoms in total. The summed E-state index contributed by atoms with van der Waals surface area (Å²) < 4.78 is 15.2. The predicted molar refractivity (Wildman–Crippen MR) is 72.0 cm³/mol. The van der Waals surface area contributed by atoms with E-state index in [1.165, 1.54) is 18.2 Å². The summed E-state index contributed by atoms with van der Waals surface area (Å²) in [6.07, 6.45) is 2.33. The summed E-state index contributed by atoms with van der Waals surface area (Å²) in [5.74, 6) is -0.564. The zero-order valence-corrected chi connectivity index (χ0v) is 11.5. The molecular formula is C14H14ClFN2O. The number of aromatic nitrogens is 2. The van der Waals surface area contributed by atoms with Crippen LogP contribution in [0.5, 0.6) is 0 Å². The van der Waals surface area contributed by atoms with Crippen LogP contribution in [0.1, 0.15) is 28.5 Å². The zero-order valence-electron chi connectivity index (χ0n) is 10.8. The van der Waals surface area contributed by atoms with E-state index in [1.54, 1.807) is 17.9 Å². The van der Waals surface area contributed by atoms with Gasteiger partial charge >= 0.3 is 0 Å². The molecule has 0 saturated heterocycles. The summed E-state index contributed by atoms with van der Waals surface area (Å²) in [6.45, 7) is 1.93. The maximum Gasteiger partial charge on any atom is 0.170 e. The number of nitrogens with zero attached hydrogens (tertiary/aromatic N) is 2. The molecule has 0 unspecified atom stereocenters. The number of rotatable bonds is 4. The quantitative estimate of drug-likeness (QED) is 0.806. The minimum atomic E-state index is -0.417. The first kappa shape index (κ1) is 13.7. The molecule has 0 aliphatic rings. The largest absolute Gasteiger partial charge is 0.294 e. The van der Waals surface area contributed by atoms with Gasteiger partial charge in [0.2, 0.25) is 0 Å². The summed E-state index contributed by atoms with van der Waals surface area (Å²) in [4.78, 5) is 12.2. The molecule has 100 valence electrons. The van der Waals surface area contributed by atoms with Gasteiger partial charge in [-0.1, -0.05) is 18.5 Å². The van der Waals surface area contributed by atoms with Gasteiger partial charge in [0.1, 0.15) is 5.82 Å². The Hall–Kier alpha value is -1.68. The second-order valence-corrected chi connectivity index (χ2v) is 4.79. The van der Waals surface area contributed by atoms with Gasteiger partial charge in [-0.2, -0.15) is 5.10 Å². The Morgan fingerprint density at radius 2 is 2.21 bits per heavy atom. The molecule has 0 atom stereocenters. The van der Waals surface area contributed by atoms with Crippen molar-refractivity contribution in [2.24, 2.45) is 7.05 Å². The van der Waals surface area contributed by atoms with Gasteiger partial charge in [0.05, 0.1) is 11.3 Å². The topological polar surface area (TPSA) is 34.9 Å². The Morgan fingerprint density at radius 3 is 2.89 bits per heavy atom. The number of hydrogen-bond donors (Lipinski definition) is 0. The van der Waals surface area contributed by atoms with Crippen molar-refractivity contribution in [3.8, 4) is 0 Å². The van der Waals surface area contributed by atoms with E-state index < -0.39 is 5.82 Å². The van der Waals surface area contributed by atoms with Crippen molar-refractivity contribution >= 4 is 17.4 Å². The zero-order chi connectivity index (χ0) is 14.0. The van der Waals surface area contributed by atoms with Crippen LogP contribution in [0.4, 0.5) is 4.39 Å². The third-order valence-electron chi connectivity index (χ3n) is 2.90. The summed E-state index contributed by atoms with van der Waals surface area (Å²) in [6, 6.07) is 4.22. The summed E-state index contributed by atoms with van der Waals surface area (Å²) in [7, 11) is 1.76. The molecule has 0 spiro atoms. The van der Waals surface area contributed by atoms with Crippen molar-refractivity contribution in [3.05, 3.63) is 52.1 Å². The molecule has 1 aromatic heterocycles. The molecule has 0 saturated carbocycles. The number of Topliss-reactive ketones (excluding diaryl/α,β-unsaturated/α-hetero) is 1. The summed E-state index contributed by atoms with van der Waals surface area (Å²) in [5, 5.41) is 4.63. The molecule has 1 aromatic carbocycles. The van der Waals surface area contributed by atoms with Crippen molar-refractivity contribution in [2.75, 3.05) is 0 Å². The van der Waals surface area contributed by atoms with E-state index in [0.29, 0.717) is 22.6 Å². The Kier molecular flexibility index (Phi) is 4.00. The van der Waals surface area contributed by atoms with Gasteiger partial charge in [0.15, 0.2) is 5.78 Å². The van der Waals surface area contributed by atoms with Crippen molar-refractivity contribution in [1.82, 2.24) is 9.78 Å². The smallest absolute Gasteiger partial charge is 0.170 e. The van der Waals surface area contributed by atoms with Gasteiger partial charge in [-0.05, 0) is 30.2 Å². The molecule has 0 aliphatic carbocycles. The fourth-order valence-corrected chi connectivity index (χ4v) is 2.17. The maximum absolute atomic E-state index is 13.6. The van der Waals surface area contributed by atoms with Crippen LogP contribution < -0.4 is 0 Å². The molecule has 0 aliphatic heterocycles. The van der Waals surface area contributed by atoms with Crippen LogP contribution in [-0.4, -0.2) is 15.6 Å². The molecule has 2 aromatic rings. The highest BCUT2D eigenvalue weighted by atomic mass is 35.5. The van der Waals surface area contributed by atoms with Gasteiger partial charge in [0, 0.05) is 24.7 Å². The minimum Gasteiger partial charge on any atom is -0.294 e. The molecule has 1 heterocycles. The van der Waals surface area contributed by atoms with Crippen molar-refractivity contribution in [2.45, 2.75) is 19.8 Å². The third kappa shape index (κ3) is 3.01. The van der Waals surface area contributed by atoms with Crippen molar-refractivity contribution in [3.63, 3.8) is 0 Å². The standard InChI is InChI=1S/C14H14ClFN2O/c1-3-13-11(8-18(2)17-13)14(19)7-9-6-10(15)4-5-12(9)16/h4-6,8H,3,7H2,1-2H3. The van der Waals surface area contributed by atoms with Gasteiger partial charge in [-0.15, -0.1) is 0 Å². The molecule has 0 fully saturated rings. The van der Waals surface area contributed by atoms with Crippen LogP contribution in [0.3, 0.4) is 0 Å². The predicted octanol–water partition coefficient (Wildman–Crippen LogP) is 3.20. The molecule has 0 amide bonds. The third-order valence-corrected chi connectivity index (χ3v) is 3.13. The van der Waals surface area contributed by atoms with Crippen LogP contribution in [0.2, 0.25) is 5.02 Å². The van der Waals surface area contributed by atoms with Crippen molar-refractivity contribution < 1.29 is 9.18 Å².